The minimum absolute atomic E-state index is 0.0397. The Morgan fingerprint density at radius 2 is 1.53 bits per heavy atom. The lowest BCUT2D eigenvalue weighted by atomic mass is 10.0. The van der Waals surface area contributed by atoms with E-state index >= 15 is 0 Å². The summed E-state index contributed by atoms with van der Waals surface area (Å²) in [5.41, 5.74) is 0.763. The summed E-state index contributed by atoms with van der Waals surface area (Å²) in [6, 6.07) is 19.1. The third-order valence-electron chi connectivity index (χ3n) is 6.94. The monoisotopic (exact) mass is 562 g/mol. The number of hydrogen-bond donors (Lipinski definition) is 2. The first kappa shape index (κ1) is 27.3. The molecule has 0 spiro atoms. The van der Waals surface area contributed by atoms with Gasteiger partial charge in [-0.3, -0.25) is 0 Å². The van der Waals surface area contributed by atoms with Crippen molar-refractivity contribution in [2.45, 2.75) is 57.4 Å². The molecule has 0 fully saturated rings. The van der Waals surface area contributed by atoms with E-state index in [1.807, 2.05) is 67.6 Å². The highest BCUT2D eigenvalue weighted by molar-refractivity contribution is 8.28. The Hall–Kier alpha value is -1.69. The number of thioether (sulfide) groups is 1. The molecule has 0 unspecified atom stereocenters. The largest absolute Gasteiger partial charge is 0.307 e. The average Bonchev–Trinajstić information content (AvgIpc) is 3.06. The van der Waals surface area contributed by atoms with Crippen LogP contribution in [0, 0.1) is 0 Å². The minimum Gasteiger partial charge on any atom is -0.307 e. The molecular weight excluding hydrogens is 529 g/mol. The second-order valence-corrected chi connectivity index (χ2v) is 20.6. The van der Waals surface area contributed by atoms with Gasteiger partial charge in [-0.2, -0.15) is 0 Å². The van der Waals surface area contributed by atoms with Crippen LogP contribution in [0.4, 0.5) is 0 Å². The Kier molecular flexibility index (Phi) is 7.51. The van der Waals surface area contributed by atoms with Crippen molar-refractivity contribution in [3.63, 3.8) is 0 Å². The van der Waals surface area contributed by atoms with Gasteiger partial charge < -0.3 is 5.32 Å². The molecule has 0 saturated carbocycles. The van der Waals surface area contributed by atoms with Crippen molar-refractivity contribution >= 4 is 50.2 Å². The van der Waals surface area contributed by atoms with Crippen molar-refractivity contribution in [3.8, 4) is 0 Å². The fourth-order valence-electron chi connectivity index (χ4n) is 5.09. The number of hydrogen-bond acceptors (Lipinski definition) is 6. The number of benzene rings is 2. The van der Waals surface area contributed by atoms with Crippen LogP contribution in [0.15, 0.2) is 80.8 Å². The van der Waals surface area contributed by atoms with Crippen molar-refractivity contribution in [3.05, 3.63) is 80.8 Å². The van der Waals surface area contributed by atoms with Gasteiger partial charge in [0, 0.05) is 0 Å². The summed E-state index contributed by atoms with van der Waals surface area (Å²) < 4.78 is 58.1. The van der Waals surface area contributed by atoms with Gasteiger partial charge in [-0.1, -0.05) is 100 Å². The molecule has 36 heavy (non-hydrogen) atoms. The normalized spacial score (nSPS) is 22.3. The average molecular weight is 563 g/mol. The number of sulfone groups is 1. The van der Waals surface area contributed by atoms with Crippen LogP contribution in [0.25, 0.3) is 0 Å². The topological polar surface area (TPSA) is 92.3 Å². The van der Waals surface area contributed by atoms with Crippen molar-refractivity contribution in [1.82, 2.24) is 9.70 Å². The maximum Gasteiger partial charge on any atom is 0.241 e. The van der Waals surface area contributed by atoms with E-state index in [9.17, 15) is 16.8 Å². The molecule has 0 bridgehead atoms. The van der Waals surface area contributed by atoms with E-state index < -0.39 is 44.4 Å². The van der Waals surface area contributed by atoms with E-state index in [0.717, 1.165) is 27.7 Å². The first-order chi connectivity index (χ1) is 16.8. The van der Waals surface area contributed by atoms with Crippen molar-refractivity contribution in [1.29, 1.82) is 0 Å². The van der Waals surface area contributed by atoms with Crippen molar-refractivity contribution in [2.24, 2.45) is 0 Å². The molecule has 0 aromatic heterocycles. The van der Waals surface area contributed by atoms with Gasteiger partial charge in [0.25, 0.3) is 0 Å². The van der Waals surface area contributed by atoms with E-state index in [1.54, 1.807) is 13.0 Å². The van der Waals surface area contributed by atoms with Crippen molar-refractivity contribution in [2.75, 3.05) is 6.54 Å². The van der Waals surface area contributed by atoms with Gasteiger partial charge in [0.05, 0.1) is 11.3 Å². The molecule has 6 nitrogen and oxygen atoms in total. The molecule has 2 aromatic rings. The summed E-state index contributed by atoms with van der Waals surface area (Å²) in [5, 5.41) is 4.17. The molecule has 194 valence electrons. The summed E-state index contributed by atoms with van der Waals surface area (Å²) in [6.07, 6.45) is 2.09. The van der Waals surface area contributed by atoms with E-state index in [2.05, 4.69) is 30.5 Å². The predicted molar refractivity (Wildman–Crippen MR) is 153 cm³/mol. The smallest absolute Gasteiger partial charge is 0.241 e. The number of likely N-dealkylation sites (N-methyl/N-ethyl adjacent to an activating group) is 1. The summed E-state index contributed by atoms with van der Waals surface area (Å²) in [7, 11) is -10.8. The highest BCUT2D eigenvalue weighted by Crippen LogP contribution is 2.48. The lowest BCUT2D eigenvalue weighted by Crippen LogP contribution is -2.74. The predicted octanol–water partition coefficient (Wildman–Crippen LogP) is 3.45. The number of sulfonamides is 1. The molecule has 2 aliphatic heterocycles. The number of rotatable bonds is 7. The van der Waals surface area contributed by atoms with Gasteiger partial charge in [-0.15, -0.1) is 0 Å². The molecule has 0 aliphatic carbocycles. The lowest BCUT2D eigenvalue weighted by molar-refractivity contribution is 0.593. The van der Waals surface area contributed by atoms with Gasteiger partial charge in [0.1, 0.15) is 8.47 Å². The highest BCUT2D eigenvalue weighted by atomic mass is 32.3. The Labute approximate surface area is 220 Å². The van der Waals surface area contributed by atoms with Crippen LogP contribution in [0.2, 0.25) is 5.04 Å². The molecule has 2 aromatic carbocycles. The van der Waals surface area contributed by atoms with Gasteiger partial charge >= 0.3 is 0 Å². The molecule has 0 amide bonds. The van der Waals surface area contributed by atoms with Gasteiger partial charge in [0.15, 0.2) is 9.84 Å². The fraction of sp³-hybridized carbons (Fsp3) is 0.385. The standard InChI is InChI=1S/C26H34N2O4S3Si/c1-6-27-23-18-24(33-25-22(23)17-19(2)34(25,29)30)35(31,32)28-36(26(3,4)5,20-13-9-7-10-14-20)21-15-11-8-12-16-21/h7-16,18-19,23,27-28H,6,17H2,1-5H3/t19-,23-/m0/s1. The van der Waals surface area contributed by atoms with Crippen LogP contribution in [0.3, 0.4) is 0 Å². The van der Waals surface area contributed by atoms with Gasteiger partial charge in [-0.05, 0) is 47.0 Å². The molecule has 2 heterocycles. The lowest BCUT2D eigenvalue weighted by Gasteiger charge is -2.44. The number of nitrogens with one attached hydrogen (secondary N) is 2. The fourth-order valence-corrected chi connectivity index (χ4v) is 17.6. The molecule has 2 N–H and O–H groups in total. The van der Waals surface area contributed by atoms with Crippen molar-refractivity contribution < 1.29 is 16.8 Å². The van der Waals surface area contributed by atoms with E-state index in [0.29, 0.717) is 13.0 Å². The van der Waals surface area contributed by atoms with Gasteiger partial charge in [0.2, 0.25) is 18.3 Å². The van der Waals surface area contributed by atoms with Crippen LogP contribution in [0.5, 0.6) is 0 Å². The molecular formula is C26H34N2O4S3Si. The molecule has 4 rings (SSSR count). The second kappa shape index (κ2) is 9.88. The maximum atomic E-state index is 14.2. The zero-order valence-electron chi connectivity index (χ0n) is 21.3. The van der Waals surface area contributed by atoms with Gasteiger partial charge in [-0.25, -0.2) is 21.2 Å². The van der Waals surface area contributed by atoms with Crippen LogP contribution >= 0.6 is 11.8 Å². The quantitative estimate of drug-likeness (QED) is 0.503. The summed E-state index contributed by atoms with van der Waals surface area (Å²) in [4.78, 5) is 0. The van der Waals surface area contributed by atoms with E-state index in [4.69, 9.17) is 0 Å². The summed E-state index contributed by atoms with van der Waals surface area (Å²) in [5.74, 6) is 0. The Morgan fingerprint density at radius 1 is 1.00 bits per heavy atom. The van der Waals surface area contributed by atoms with Crippen LogP contribution in [-0.4, -0.2) is 42.9 Å². The molecule has 0 radical (unpaired) electrons. The molecule has 2 atom stereocenters. The van der Waals surface area contributed by atoms with Crippen LogP contribution in [-0.2, 0) is 19.9 Å². The third kappa shape index (κ3) is 4.67. The minimum atomic E-state index is -4.08. The Morgan fingerprint density at radius 3 is 2.00 bits per heavy atom. The first-order valence-corrected chi connectivity index (χ1v) is 17.9. The molecule has 10 heteroatoms. The SMILES string of the molecule is CCN[C@H]1C=C(S(=O)(=O)N[Si](c2ccccc2)(c2ccccc2)C(C)(C)C)SC2=C1C[C@H](C)S2(=O)=O. The summed E-state index contributed by atoms with van der Waals surface area (Å²) >= 11 is 0.876. The van der Waals surface area contributed by atoms with Crippen LogP contribution < -0.4 is 20.1 Å². The zero-order chi connectivity index (χ0) is 26.4. The molecule has 0 saturated heterocycles. The van der Waals surface area contributed by atoms with E-state index in [-0.39, 0.29) is 8.47 Å². The molecule has 2 aliphatic rings. The third-order valence-corrected chi connectivity index (χ3v) is 19.2. The second-order valence-electron chi connectivity index (χ2n) is 10.3. The first-order valence-electron chi connectivity index (χ1n) is 12.1. The Balaban J connectivity index is 1.87. The zero-order valence-corrected chi connectivity index (χ0v) is 24.7. The highest BCUT2D eigenvalue weighted by Gasteiger charge is 2.52. The van der Waals surface area contributed by atoms with Crippen LogP contribution in [0.1, 0.15) is 41.0 Å². The Bertz CT molecular complexity index is 1360. The summed E-state index contributed by atoms with van der Waals surface area (Å²) in [6.45, 7) is 10.4. The maximum absolute atomic E-state index is 14.2. The van der Waals surface area contributed by atoms with E-state index in [1.165, 1.54) is 0 Å².